The van der Waals surface area contributed by atoms with Crippen molar-refractivity contribution < 1.29 is 17.5 Å². The number of anilines is 1. The summed E-state index contributed by atoms with van der Waals surface area (Å²) in [5.41, 5.74) is 2.30. The topological polar surface area (TPSA) is 89.4 Å². The average Bonchev–Trinajstić information content (AvgIpc) is 3.54. The van der Waals surface area contributed by atoms with E-state index in [0.29, 0.717) is 17.2 Å². The molecule has 194 valence electrons. The molecule has 0 saturated heterocycles. The Bertz CT molecular complexity index is 1510. The number of halogens is 3. The molecule has 1 N–H and O–H groups in total. The SMILES string of the molecule is O=S(=O)(Nc1cscn1)c1cc(Cl)c(Oc2ccc(Cl)cc2CCCN2CCn3ccnc3C2)cc1F. The van der Waals surface area contributed by atoms with Crippen LogP contribution in [-0.4, -0.2) is 40.9 Å². The van der Waals surface area contributed by atoms with Gasteiger partial charge in [0.15, 0.2) is 5.82 Å². The van der Waals surface area contributed by atoms with Crippen molar-refractivity contribution in [1.29, 1.82) is 0 Å². The molecule has 0 aliphatic carbocycles. The second-order valence-electron chi connectivity index (χ2n) is 8.46. The number of thiazole rings is 1. The van der Waals surface area contributed by atoms with Gasteiger partial charge in [0.05, 0.1) is 17.1 Å². The number of hydrogen-bond acceptors (Lipinski definition) is 7. The number of aryl methyl sites for hydroxylation is 1. The Labute approximate surface area is 227 Å². The van der Waals surface area contributed by atoms with E-state index in [9.17, 15) is 12.8 Å². The first-order valence-electron chi connectivity index (χ1n) is 11.4. The van der Waals surface area contributed by atoms with Crippen LogP contribution in [-0.2, 0) is 29.5 Å². The number of nitrogens with one attached hydrogen (secondary N) is 1. The lowest BCUT2D eigenvalue weighted by molar-refractivity contribution is 0.214. The van der Waals surface area contributed by atoms with Gasteiger partial charge in [0.2, 0.25) is 0 Å². The van der Waals surface area contributed by atoms with Gasteiger partial charge in [-0.25, -0.2) is 22.8 Å². The summed E-state index contributed by atoms with van der Waals surface area (Å²) in [4.78, 5) is 10.0. The summed E-state index contributed by atoms with van der Waals surface area (Å²) in [5.74, 6) is 0.624. The summed E-state index contributed by atoms with van der Waals surface area (Å²) in [5, 5.41) is 2.00. The van der Waals surface area contributed by atoms with Crippen LogP contribution in [0.1, 0.15) is 17.8 Å². The number of hydrogen-bond donors (Lipinski definition) is 1. The van der Waals surface area contributed by atoms with E-state index in [4.69, 9.17) is 27.9 Å². The maximum absolute atomic E-state index is 14.9. The zero-order chi connectivity index (χ0) is 26.0. The van der Waals surface area contributed by atoms with Gasteiger partial charge in [-0.05, 0) is 49.2 Å². The monoisotopic (exact) mass is 581 g/mol. The van der Waals surface area contributed by atoms with E-state index >= 15 is 0 Å². The number of ether oxygens (including phenoxy) is 1. The fourth-order valence-corrected chi connectivity index (χ4v) is 6.22. The number of imidazole rings is 1. The number of aromatic nitrogens is 3. The molecule has 3 heterocycles. The van der Waals surface area contributed by atoms with Gasteiger partial charge in [-0.15, -0.1) is 11.3 Å². The van der Waals surface area contributed by atoms with Crippen LogP contribution in [0.3, 0.4) is 0 Å². The van der Waals surface area contributed by atoms with E-state index in [0.717, 1.165) is 56.1 Å². The van der Waals surface area contributed by atoms with Crippen molar-refractivity contribution in [3.8, 4) is 11.5 Å². The van der Waals surface area contributed by atoms with Crippen LogP contribution >= 0.6 is 34.5 Å². The normalized spacial score (nSPS) is 13.9. The molecule has 0 atom stereocenters. The molecule has 1 aliphatic heterocycles. The van der Waals surface area contributed by atoms with E-state index in [2.05, 4.69) is 24.2 Å². The van der Waals surface area contributed by atoms with E-state index in [1.807, 2.05) is 12.4 Å². The number of fused-ring (bicyclic) bond motifs is 1. The van der Waals surface area contributed by atoms with Gasteiger partial charge in [0, 0.05) is 42.0 Å². The lowest BCUT2D eigenvalue weighted by atomic mass is 10.1. The maximum Gasteiger partial charge on any atom is 0.266 e. The summed E-state index contributed by atoms with van der Waals surface area (Å²) >= 11 is 13.8. The minimum absolute atomic E-state index is 0.00165. The smallest absolute Gasteiger partial charge is 0.266 e. The molecular formula is C24H22Cl2FN5O3S2. The molecule has 1 aliphatic rings. The van der Waals surface area contributed by atoms with Crippen LogP contribution in [0.5, 0.6) is 11.5 Å². The minimum Gasteiger partial charge on any atom is -0.455 e. The Morgan fingerprint density at radius 1 is 1.14 bits per heavy atom. The van der Waals surface area contributed by atoms with Gasteiger partial charge < -0.3 is 9.30 Å². The van der Waals surface area contributed by atoms with Crippen molar-refractivity contribution >= 4 is 50.4 Å². The van der Waals surface area contributed by atoms with Crippen LogP contribution in [0.4, 0.5) is 10.2 Å². The van der Waals surface area contributed by atoms with Gasteiger partial charge in [0.25, 0.3) is 10.0 Å². The van der Waals surface area contributed by atoms with Gasteiger partial charge in [-0.1, -0.05) is 23.2 Å². The second-order valence-corrected chi connectivity index (χ2v) is 11.7. The molecule has 0 bridgehead atoms. The molecule has 2 aromatic heterocycles. The highest BCUT2D eigenvalue weighted by molar-refractivity contribution is 7.92. The molecule has 2 aromatic carbocycles. The molecule has 8 nitrogen and oxygen atoms in total. The maximum atomic E-state index is 14.9. The first-order chi connectivity index (χ1) is 17.8. The van der Waals surface area contributed by atoms with E-state index in [1.165, 1.54) is 22.2 Å². The Morgan fingerprint density at radius 2 is 2.00 bits per heavy atom. The van der Waals surface area contributed by atoms with Gasteiger partial charge in [0.1, 0.15) is 28.0 Å². The highest BCUT2D eigenvalue weighted by Gasteiger charge is 2.23. The third kappa shape index (κ3) is 6.07. The molecule has 0 radical (unpaired) electrons. The number of sulfonamides is 1. The molecule has 37 heavy (non-hydrogen) atoms. The fourth-order valence-electron chi connectivity index (χ4n) is 4.12. The van der Waals surface area contributed by atoms with Crippen molar-refractivity contribution in [1.82, 2.24) is 19.4 Å². The van der Waals surface area contributed by atoms with E-state index in [1.54, 1.807) is 18.2 Å². The summed E-state index contributed by atoms with van der Waals surface area (Å²) in [6.45, 7) is 3.53. The van der Waals surface area contributed by atoms with Gasteiger partial charge in [-0.3, -0.25) is 9.62 Å². The Hall–Kier alpha value is -2.70. The lowest BCUT2D eigenvalue weighted by Gasteiger charge is -2.27. The highest BCUT2D eigenvalue weighted by Crippen LogP contribution is 2.36. The van der Waals surface area contributed by atoms with E-state index < -0.39 is 20.7 Å². The first-order valence-corrected chi connectivity index (χ1v) is 14.6. The molecule has 0 unspecified atom stereocenters. The first kappa shape index (κ1) is 25.9. The Balaban J connectivity index is 1.29. The molecule has 0 saturated carbocycles. The summed E-state index contributed by atoms with van der Waals surface area (Å²) in [6.07, 6.45) is 5.33. The molecule has 0 fully saturated rings. The van der Waals surface area contributed by atoms with Gasteiger partial charge >= 0.3 is 0 Å². The number of rotatable bonds is 9. The molecule has 13 heteroatoms. The van der Waals surface area contributed by atoms with Crippen molar-refractivity contribution in [2.75, 3.05) is 17.8 Å². The summed E-state index contributed by atoms with van der Waals surface area (Å²) in [6, 6.07) is 7.16. The molecular weight excluding hydrogens is 560 g/mol. The van der Waals surface area contributed by atoms with Crippen molar-refractivity contribution in [3.05, 3.63) is 80.9 Å². The standard InChI is InChI=1S/C24H22Cl2FN5O3S2/c25-17-3-4-20(16(10-17)2-1-6-31-8-9-32-7-5-28-24(32)13-31)35-21-12-19(27)22(11-18(21)26)37(33,34)30-23-14-36-15-29-23/h3-5,7,10-12,14-15,30H,1-2,6,8-9,13H2. The Kier molecular flexibility index (Phi) is 7.68. The van der Waals surface area contributed by atoms with Crippen LogP contribution in [0, 0.1) is 5.82 Å². The highest BCUT2D eigenvalue weighted by atomic mass is 35.5. The summed E-state index contributed by atoms with van der Waals surface area (Å²) in [7, 11) is -4.23. The zero-order valence-corrected chi connectivity index (χ0v) is 22.5. The molecule has 0 amide bonds. The van der Waals surface area contributed by atoms with Crippen molar-refractivity contribution in [3.63, 3.8) is 0 Å². The number of nitrogens with zero attached hydrogens (tertiary/aromatic N) is 4. The number of benzene rings is 2. The zero-order valence-electron chi connectivity index (χ0n) is 19.4. The Morgan fingerprint density at radius 3 is 2.81 bits per heavy atom. The molecule has 4 aromatic rings. The average molecular weight is 583 g/mol. The minimum atomic E-state index is -4.23. The second kappa shape index (κ2) is 11.0. The molecule has 5 rings (SSSR count). The van der Waals surface area contributed by atoms with E-state index in [-0.39, 0.29) is 16.6 Å². The van der Waals surface area contributed by atoms with Crippen LogP contribution in [0.2, 0.25) is 10.0 Å². The fraction of sp³-hybridized carbons (Fsp3) is 0.250. The predicted molar refractivity (Wildman–Crippen MR) is 142 cm³/mol. The molecule has 0 spiro atoms. The van der Waals surface area contributed by atoms with Gasteiger partial charge in [-0.2, -0.15) is 0 Å². The van der Waals surface area contributed by atoms with Crippen LogP contribution in [0.15, 0.2) is 58.5 Å². The quantitative estimate of drug-likeness (QED) is 0.267. The third-order valence-electron chi connectivity index (χ3n) is 5.93. The van der Waals surface area contributed by atoms with Crippen LogP contribution in [0.25, 0.3) is 0 Å². The van der Waals surface area contributed by atoms with Crippen molar-refractivity contribution in [2.45, 2.75) is 30.8 Å². The van der Waals surface area contributed by atoms with Crippen molar-refractivity contribution in [2.24, 2.45) is 0 Å². The summed E-state index contributed by atoms with van der Waals surface area (Å²) < 4.78 is 50.5. The lowest BCUT2D eigenvalue weighted by Crippen LogP contribution is -2.34. The largest absolute Gasteiger partial charge is 0.455 e. The predicted octanol–water partition coefficient (Wildman–Crippen LogP) is 5.83. The van der Waals surface area contributed by atoms with Crippen LogP contribution < -0.4 is 9.46 Å². The third-order valence-corrected chi connectivity index (χ3v) is 8.42.